The summed E-state index contributed by atoms with van der Waals surface area (Å²) in [6.45, 7) is -1.97. The summed E-state index contributed by atoms with van der Waals surface area (Å²) in [7, 11) is 2.68. The topological polar surface area (TPSA) is 329 Å². The summed E-state index contributed by atoms with van der Waals surface area (Å²) < 4.78 is 17.5. The minimum atomic E-state index is -2.47. The van der Waals surface area contributed by atoms with Crippen molar-refractivity contribution in [3.63, 3.8) is 0 Å². The predicted molar refractivity (Wildman–Crippen MR) is 214 cm³/mol. The third-order valence-corrected chi connectivity index (χ3v) is 11.4. The number of nitrogens with zero attached hydrogens (tertiary/aromatic N) is 2. The molecule has 0 bridgehead atoms. The number of phenols is 1. The zero-order valence-electron chi connectivity index (χ0n) is 33.5. The molecule has 3 aliphatic heterocycles. The molecular weight excluding hydrogens is 800 g/mol. The molecule has 0 spiro atoms. The van der Waals surface area contributed by atoms with Crippen LogP contribution in [0.5, 0.6) is 17.2 Å². The van der Waals surface area contributed by atoms with Gasteiger partial charge < -0.3 is 72.1 Å². The highest BCUT2D eigenvalue weighted by atomic mass is 16.7. The average molecular weight is 851 g/mol. The van der Waals surface area contributed by atoms with E-state index in [0.717, 1.165) is 23.1 Å². The van der Waals surface area contributed by atoms with Crippen molar-refractivity contribution in [1.29, 1.82) is 0 Å². The summed E-state index contributed by atoms with van der Waals surface area (Å²) in [5, 5.41) is 83.4. The van der Waals surface area contributed by atoms with E-state index in [-0.39, 0.29) is 66.0 Å². The number of hydrogen-bond donors (Lipinski definition) is 11. The monoisotopic (exact) mass is 850 g/mol. The van der Waals surface area contributed by atoms with Crippen LogP contribution in [0.3, 0.4) is 0 Å². The van der Waals surface area contributed by atoms with Crippen LogP contribution in [0, 0.1) is 5.92 Å². The van der Waals surface area contributed by atoms with Crippen molar-refractivity contribution in [3.05, 3.63) is 86.8 Å². The van der Waals surface area contributed by atoms with Crippen LogP contribution in [0.15, 0.2) is 52.8 Å². The van der Waals surface area contributed by atoms with Crippen LogP contribution in [0.2, 0.25) is 0 Å². The smallest absolute Gasteiger partial charge is 0.253 e. The molecule has 2 aromatic rings. The minimum absolute atomic E-state index is 0.0254. The number of benzene rings is 2. The standard InChI is InChI=1S/C41H50N6O14/c1-44-40(43)46-15-23-20(5-3-4-10-48)11-22-32(35(23)54)36(55)33-26(13-25(59-2)24(17-49)31(33)34(22)53)60-39-37(56)38(57)41(58,27(18-50)61-39)14-21(19-8-9-45-28(42)12-19)16-47-29(51)6-7-30(47)52/h6-8,11-13,21,27,37-39,45,48-50,54,56-58H,3-5,9-10,14-18,42H2,1-2H3,(H3,43,44,46). The number of phenolic OH excluding ortho intramolecular Hbond substituents is 1. The van der Waals surface area contributed by atoms with Gasteiger partial charge in [-0.3, -0.25) is 29.1 Å². The van der Waals surface area contributed by atoms with Crippen molar-refractivity contribution >= 4 is 29.3 Å². The molecule has 0 radical (unpaired) electrons. The van der Waals surface area contributed by atoms with Crippen molar-refractivity contribution in [2.45, 2.75) is 69.0 Å². The van der Waals surface area contributed by atoms with E-state index < -0.39 is 102 Å². The molecule has 13 N–H and O–H groups in total. The molecule has 2 aromatic carbocycles. The minimum Gasteiger partial charge on any atom is -0.507 e. The van der Waals surface area contributed by atoms with E-state index in [2.05, 4.69) is 15.6 Å². The Morgan fingerprint density at radius 2 is 1.77 bits per heavy atom. The summed E-state index contributed by atoms with van der Waals surface area (Å²) in [6.07, 6.45) is -1.85. The Morgan fingerprint density at radius 3 is 2.39 bits per heavy atom. The van der Waals surface area contributed by atoms with Gasteiger partial charge in [0.25, 0.3) is 11.8 Å². The van der Waals surface area contributed by atoms with Gasteiger partial charge >= 0.3 is 0 Å². The van der Waals surface area contributed by atoms with Gasteiger partial charge in [-0.2, -0.15) is 0 Å². The van der Waals surface area contributed by atoms with Crippen LogP contribution >= 0.6 is 0 Å². The summed E-state index contributed by atoms with van der Waals surface area (Å²) in [5.74, 6) is -4.70. The predicted octanol–water partition coefficient (Wildman–Crippen LogP) is -2.17. The number of amides is 2. The Morgan fingerprint density at radius 1 is 1.05 bits per heavy atom. The number of guanidine groups is 1. The fourth-order valence-electron chi connectivity index (χ4n) is 8.17. The number of aliphatic hydroxyl groups is 6. The Bertz CT molecular complexity index is 2200. The fraction of sp³-hybridized carbons (Fsp3) is 0.439. The first-order chi connectivity index (χ1) is 29.1. The number of hydrogen-bond acceptors (Lipinski definition) is 17. The van der Waals surface area contributed by atoms with Crippen LogP contribution in [0.1, 0.15) is 67.8 Å². The number of dihydropyridines is 1. The number of aromatic hydroxyl groups is 1. The number of methoxy groups -OCH3 is 1. The zero-order chi connectivity index (χ0) is 44.3. The SMILES string of the molecule is CN=C(N)NCc1c(CCCCO)cc2c(c1O)C(=O)c1c(OC3OC(CO)C(O)(CC(CN4C(=O)C=CC4=O)C4=CCNC(N)=C4)C(O)C3O)cc(OC)c(CO)c1C2=O. The fourth-order valence-corrected chi connectivity index (χ4v) is 8.17. The maximum atomic E-state index is 14.6. The molecule has 2 amide bonds. The number of aliphatic imine (C=N–C) groups is 1. The van der Waals surface area contributed by atoms with E-state index in [9.17, 15) is 54.9 Å². The van der Waals surface area contributed by atoms with Gasteiger partial charge in [-0.15, -0.1) is 0 Å². The maximum absolute atomic E-state index is 14.6. The van der Waals surface area contributed by atoms with Crippen molar-refractivity contribution in [1.82, 2.24) is 15.5 Å². The molecule has 6 atom stereocenters. The highest BCUT2D eigenvalue weighted by Crippen LogP contribution is 2.46. The zero-order valence-corrected chi connectivity index (χ0v) is 33.5. The van der Waals surface area contributed by atoms with Crippen LogP contribution in [0.25, 0.3) is 0 Å². The molecular formula is C41H50N6O14. The summed E-state index contributed by atoms with van der Waals surface area (Å²) in [6, 6.07) is 2.60. The largest absolute Gasteiger partial charge is 0.507 e. The number of carbonyl (C=O) groups is 4. The van der Waals surface area contributed by atoms with E-state index in [1.807, 2.05) is 0 Å². The Hall–Kier alpha value is -5.87. The molecule has 328 valence electrons. The van der Waals surface area contributed by atoms with Gasteiger partial charge in [-0.1, -0.05) is 6.08 Å². The molecule has 1 saturated heterocycles. The molecule has 1 aliphatic carbocycles. The Kier molecular flexibility index (Phi) is 13.5. The number of ether oxygens (including phenoxy) is 3. The normalized spacial score (nSPS) is 24.2. The molecule has 6 unspecified atom stereocenters. The molecule has 20 heteroatoms. The lowest BCUT2D eigenvalue weighted by Crippen LogP contribution is -2.68. The van der Waals surface area contributed by atoms with E-state index >= 15 is 0 Å². The number of nitrogens with two attached hydrogens (primary N) is 2. The van der Waals surface area contributed by atoms with Gasteiger partial charge in [0.05, 0.1) is 37.3 Å². The number of carbonyl (C=O) groups excluding carboxylic acids is 4. The quantitative estimate of drug-likeness (QED) is 0.0316. The van der Waals surface area contributed by atoms with Crippen molar-refractivity contribution < 1.29 is 69.1 Å². The second-order valence-electron chi connectivity index (χ2n) is 15.0. The molecule has 61 heavy (non-hydrogen) atoms. The molecule has 0 saturated carbocycles. The molecule has 4 aliphatic rings. The van der Waals surface area contributed by atoms with E-state index in [1.165, 1.54) is 26.3 Å². The van der Waals surface area contributed by atoms with Gasteiger partial charge in [-0.25, -0.2) is 0 Å². The van der Waals surface area contributed by atoms with Gasteiger partial charge in [-0.05, 0) is 49.0 Å². The summed E-state index contributed by atoms with van der Waals surface area (Å²) in [5.41, 5.74) is 9.07. The molecule has 6 rings (SSSR count). The number of unbranched alkanes of at least 4 members (excludes halogenated alkanes) is 1. The summed E-state index contributed by atoms with van der Waals surface area (Å²) in [4.78, 5) is 59.1. The highest BCUT2D eigenvalue weighted by Gasteiger charge is 2.57. The Labute approximate surface area is 349 Å². The van der Waals surface area contributed by atoms with Gasteiger partial charge in [0.2, 0.25) is 12.1 Å². The highest BCUT2D eigenvalue weighted by molar-refractivity contribution is 6.31. The lowest BCUT2D eigenvalue weighted by Gasteiger charge is -2.49. The van der Waals surface area contributed by atoms with Gasteiger partial charge in [0.15, 0.2) is 11.7 Å². The van der Waals surface area contributed by atoms with Gasteiger partial charge in [0, 0.05) is 79.7 Å². The van der Waals surface area contributed by atoms with Crippen molar-refractivity contribution in [2.24, 2.45) is 22.4 Å². The van der Waals surface area contributed by atoms with Crippen molar-refractivity contribution in [3.8, 4) is 17.2 Å². The third kappa shape index (κ3) is 8.43. The van der Waals surface area contributed by atoms with E-state index in [1.54, 1.807) is 6.08 Å². The van der Waals surface area contributed by atoms with Crippen molar-refractivity contribution in [2.75, 3.05) is 40.5 Å². The number of fused-ring (bicyclic) bond motifs is 2. The first-order valence-electron chi connectivity index (χ1n) is 19.5. The number of aliphatic hydroxyl groups excluding tert-OH is 5. The second-order valence-corrected chi connectivity index (χ2v) is 15.0. The lowest BCUT2D eigenvalue weighted by molar-refractivity contribution is -0.316. The van der Waals surface area contributed by atoms with Crippen LogP contribution in [-0.2, 0) is 33.9 Å². The third-order valence-electron chi connectivity index (χ3n) is 11.4. The number of imide groups is 1. The van der Waals surface area contributed by atoms with E-state index in [4.69, 9.17) is 25.7 Å². The molecule has 20 nitrogen and oxygen atoms in total. The molecule has 1 fully saturated rings. The maximum Gasteiger partial charge on any atom is 0.253 e. The Balaban J connectivity index is 1.38. The number of rotatable bonds is 16. The first kappa shape index (κ1) is 44.7. The average Bonchev–Trinajstić information content (AvgIpc) is 3.56. The number of aryl methyl sites for hydroxylation is 1. The molecule has 0 aromatic heterocycles. The second kappa shape index (κ2) is 18.4. The lowest BCUT2D eigenvalue weighted by atomic mass is 9.75. The first-order valence-corrected chi connectivity index (χ1v) is 19.5. The number of nitrogens with one attached hydrogen (secondary N) is 2. The van der Waals surface area contributed by atoms with E-state index in [0.29, 0.717) is 30.4 Å². The summed E-state index contributed by atoms with van der Waals surface area (Å²) >= 11 is 0. The number of allylic oxidation sites excluding steroid dienone is 1. The number of ketones is 2. The van der Waals surface area contributed by atoms with Crippen LogP contribution in [0.4, 0.5) is 0 Å². The van der Waals surface area contributed by atoms with Crippen LogP contribution < -0.4 is 31.6 Å². The van der Waals surface area contributed by atoms with Gasteiger partial charge in [0.1, 0.15) is 41.2 Å². The van der Waals surface area contributed by atoms with Crippen LogP contribution in [-0.4, -0.2) is 141 Å². The molecule has 3 heterocycles.